The van der Waals surface area contributed by atoms with Crippen molar-refractivity contribution in [2.24, 2.45) is 5.92 Å². The van der Waals surface area contributed by atoms with Gasteiger partial charge in [-0.05, 0) is 38.3 Å². The topological polar surface area (TPSA) is 15.3 Å². The van der Waals surface area contributed by atoms with Gasteiger partial charge in [0.15, 0.2) is 0 Å². The number of nitrogens with one attached hydrogen (secondary N) is 1. The number of hydrogen-bond donors (Lipinski definition) is 1. The molecular weight excluding hydrogens is 244 g/mol. The lowest BCUT2D eigenvalue weighted by Gasteiger charge is -2.31. The van der Waals surface area contributed by atoms with Gasteiger partial charge < -0.3 is 5.32 Å². The zero-order chi connectivity index (χ0) is 14.5. The van der Waals surface area contributed by atoms with Crippen LogP contribution in [0.1, 0.15) is 44.7 Å². The van der Waals surface area contributed by atoms with Crippen molar-refractivity contribution in [1.29, 1.82) is 0 Å². The minimum Gasteiger partial charge on any atom is -0.312 e. The Morgan fingerprint density at radius 2 is 2.20 bits per heavy atom. The summed E-state index contributed by atoms with van der Waals surface area (Å²) in [6.45, 7) is 12.6. The van der Waals surface area contributed by atoms with Gasteiger partial charge in [-0.1, -0.05) is 50.1 Å². The minimum absolute atomic E-state index is 0.634. The standard InChI is InChI=1S/C18H30N2/c1-5-15(3)18-13-20(16(4)9-10-19-18)12-17-8-6-7-14(2)11-17/h6-8,11,15-16,18-19H,5,9-10,12-13H2,1-4H3. The van der Waals surface area contributed by atoms with Crippen LogP contribution in [0.5, 0.6) is 0 Å². The molecular formula is C18H30N2. The van der Waals surface area contributed by atoms with E-state index >= 15 is 0 Å². The molecule has 0 aromatic heterocycles. The third-order valence-corrected chi connectivity index (χ3v) is 4.82. The number of benzene rings is 1. The molecule has 20 heavy (non-hydrogen) atoms. The molecule has 2 nitrogen and oxygen atoms in total. The highest BCUT2D eigenvalue weighted by molar-refractivity contribution is 5.22. The van der Waals surface area contributed by atoms with Gasteiger partial charge in [0.1, 0.15) is 0 Å². The van der Waals surface area contributed by atoms with Gasteiger partial charge >= 0.3 is 0 Å². The third-order valence-electron chi connectivity index (χ3n) is 4.82. The molecule has 0 bridgehead atoms. The zero-order valence-corrected chi connectivity index (χ0v) is 13.5. The highest BCUT2D eigenvalue weighted by atomic mass is 15.2. The largest absolute Gasteiger partial charge is 0.312 e. The maximum Gasteiger partial charge on any atom is 0.0237 e. The molecule has 0 radical (unpaired) electrons. The molecule has 112 valence electrons. The Bertz CT molecular complexity index is 416. The van der Waals surface area contributed by atoms with Gasteiger partial charge in [0.25, 0.3) is 0 Å². The number of nitrogens with zero attached hydrogens (tertiary/aromatic N) is 1. The summed E-state index contributed by atoms with van der Waals surface area (Å²) in [6, 6.07) is 10.2. The Morgan fingerprint density at radius 3 is 2.90 bits per heavy atom. The van der Waals surface area contributed by atoms with Crippen LogP contribution in [0.15, 0.2) is 24.3 Å². The zero-order valence-electron chi connectivity index (χ0n) is 13.5. The van der Waals surface area contributed by atoms with Crippen molar-refractivity contribution in [2.75, 3.05) is 13.1 Å². The van der Waals surface area contributed by atoms with E-state index in [-0.39, 0.29) is 0 Å². The van der Waals surface area contributed by atoms with E-state index in [1.54, 1.807) is 0 Å². The summed E-state index contributed by atoms with van der Waals surface area (Å²) < 4.78 is 0. The van der Waals surface area contributed by atoms with Gasteiger partial charge in [-0.25, -0.2) is 0 Å². The SMILES string of the molecule is CCC(C)C1CN(Cc2cccc(C)c2)C(C)CCN1. The van der Waals surface area contributed by atoms with E-state index in [9.17, 15) is 0 Å². The quantitative estimate of drug-likeness (QED) is 0.902. The fraction of sp³-hybridized carbons (Fsp3) is 0.667. The lowest BCUT2D eigenvalue weighted by Crippen LogP contribution is -2.43. The first-order valence-corrected chi connectivity index (χ1v) is 8.13. The van der Waals surface area contributed by atoms with Crippen molar-refractivity contribution in [3.8, 4) is 0 Å². The van der Waals surface area contributed by atoms with Crippen LogP contribution < -0.4 is 5.32 Å². The smallest absolute Gasteiger partial charge is 0.0237 e. The minimum atomic E-state index is 0.634. The van der Waals surface area contributed by atoms with Gasteiger partial charge in [-0.3, -0.25) is 4.90 Å². The maximum absolute atomic E-state index is 3.75. The summed E-state index contributed by atoms with van der Waals surface area (Å²) in [5.74, 6) is 0.750. The van der Waals surface area contributed by atoms with Gasteiger partial charge in [-0.2, -0.15) is 0 Å². The van der Waals surface area contributed by atoms with Crippen LogP contribution >= 0.6 is 0 Å². The highest BCUT2D eigenvalue weighted by Crippen LogP contribution is 2.18. The van der Waals surface area contributed by atoms with Crippen LogP contribution in [0, 0.1) is 12.8 Å². The van der Waals surface area contributed by atoms with Crippen molar-refractivity contribution >= 4 is 0 Å². The Balaban J connectivity index is 2.06. The monoisotopic (exact) mass is 274 g/mol. The van der Waals surface area contributed by atoms with Crippen LogP contribution in [-0.4, -0.2) is 30.1 Å². The van der Waals surface area contributed by atoms with Crippen molar-refractivity contribution in [3.63, 3.8) is 0 Å². The molecule has 1 aromatic rings. The fourth-order valence-corrected chi connectivity index (χ4v) is 3.09. The summed E-state index contributed by atoms with van der Waals surface area (Å²) in [6.07, 6.45) is 2.50. The fourth-order valence-electron chi connectivity index (χ4n) is 3.09. The molecule has 1 heterocycles. The first-order valence-electron chi connectivity index (χ1n) is 8.13. The molecule has 0 aliphatic carbocycles. The molecule has 2 rings (SSSR count). The van der Waals surface area contributed by atoms with Gasteiger partial charge in [0.05, 0.1) is 0 Å². The van der Waals surface area contributed by atoms with Crippen LogP contribution in [0.25, 0.3) is 0 Å². The average molecular weight is 274 g/mol. The number of hydrogen-bond acceptors (Lipinski definition) is 2. The molecule has 0 spiro atoms. The Hall–Kier alpha value is -0.860. The van der Waals surface area contributed by atoms with E-state index in [0.29, 0.717) is 12.1 Å². The number of rotatable bonds is 4. The van der Waals surface area contributed by atoms with Crippen molar-refractivity contribution in [3.05, 3.63) is 35.4 Å². The molecule has 3 unspecified atom stereocenters. The normalized spacial score (nSPS) is 26.2. The van der Waals surface area contributed by atoms with E-state index in [1.165, 1.54) is 30.5 Å². The average Bonchev–Trinajstić information content (AvgIpc) is 2.61. The predicted molar refractivity (Wildman–Crippen MR) is 86.9 cm³/mol. The summed E-state index contributed by atoms with van der Waals surface area (Å²) in [7, 11) is 0. The second kappa shape index (κ2) is 7.24. The predicted octanol–water partition coefficient (Wildman–Crippen LogP) is 3.59. The van der Waals surface area contributed by atoms with Crippen LogP contribution in [0.3, 0.4) is 0 Å². The molecule has 1 aromatic carbocycles. The van der Waals surface area contributed by atoms with Crippen molar-refractivity contribution in [1.82, 2.24) is 10.2 Å². The molecule has 1 N–H and O–H groups in total. The van der Waals surface area contributed by atoms with Gasteiger partial charge in [0, 0.05) is 25.2 Å². The van der Waals surface area contributed by atoms with Gasteiger partial charge in [-0.15, -0.1) is 0 Å². The third kappa shape index (κ3) is 4.07. The second-order valence-corrected chi connectivity index (χ2v) is 6.50. The Kier molecular flexibility index (Phi) is 5.62. The Morgan fingerprint density at radius 1 is 1.40 bits per heavy atom. The second-order valence-electron chi connectivity index (χ2n) is 6.50. The molecule has 1 saturated heterocycles. The molecule has 1 aliphatic heterocycles. The van der Waals surface area contributed by atoms with Crippen molar-refractivity contribution in [2.45, 2.75) is 59.2 Å². The molecule has 1 fully saturated rings. The maximum atomic E-state index is 3.75. The Labute approximate surface area is 124 Å². The van der Waals surface area contributed by atoms with Crippen LogP contribution in [0.4, 0.5) is 0 Å². The summed E-state index contributed by atoms with van der Waals surface area (Å²) >= 11 is 0. The van der Waals surface area contributed by atoms with Gasteiger partial charge in [0.2, 0.25) is 0 Å². The number of aryl methyl sites for hydroxylation is 1. The van der Waals surface area contributed by atoms with Crippen LogP contribution in [-0.2, 0) is 6.54 Å². The molecule has 2 heteroatoms. The molecule has 0 saturated carbocycles. The molecule has 0 amide bonds. The lowest BCUT2D eigenvalue weighted by atomic mass is 9.98. The lowest BCUT2D eigenvalue weighted by molar-refractivity contribution is 0.180. The van der Waals surface area contributed by atoms with E-state index in [0.717, 1.165) is 19.0 Å². The summed E-state index contributed by atoms with van der Waals surface area (Å²) in [5, 5.41) is 3.75. The summed E-state index contributed by atoms with van der Waals surface area (Å²) in [5.41, 5.74) is 2.81. The first kappa shape index (κ1) is 15.5. The first-order chi connectivity index (χ1) is 9.60. The van der Waals surface area contributed by atoms with Crippen molar-refractivity contribution < 1.29 is 0 Å². The highest BCUT2D eigenvalue weighted by Gasteiger charge is 2.25. The van der Waals surface area contributed by atoms with Crippen LogP contribution in [0.2, 0.25) is 0 Å². The molecule has 3 atom stereocenters. The van der Waals surface area contributed by atoms with E-state index in [2.05, 4.69) is 62.2 Å². The molecule has 1 aliphatic rings. The van der Waals surface area contributed by atoms with E-state index in [4.69, 9.17) is 0 Å². The summed E-state index contributed by atoms with van der Waals surface area (Å²) in [4.78, 5) is 2.66. The van der Waals surface area contributed by atoms with E-state index < -0.39 is 0 Å². The van der Waals surface area contributed by atoms with E-state index in [1.807, 2.05) is 0 Å².